The maximum atomic E-state index is 11.4. The molecule has 0 aromatic heterocycles. The lowest BCUT2D eigenvalue weighted by molar-refractivity contribution is -0.182. The Morgan fingerprint density at radius 2 is 1.69 bits per heavy atom. The molecule has 1 rings (SSSR count). The molecule has 4 heteroatoms. The van der Waals surface area contributed by atoms with Crippen molar-refractivity contribution in [2.24, 2.45) is 11.3 Å². The van der Waals surface area contributed by atoms with Crippen molar-refractivity contribution in [3.8, 4) is 0 Å². The van der Waals surface area contributed by atoms with E-state index in [2.05, 4.69) is 9.47 Å². The molecule has 0 spiro atoms. The highest BCUT2D eigenvalue weighted by Crippen LogP contribution is 2.48. The van der Waals surface area contributed by atoms with Crippen molar-refractivity contribution in [2.75, 3.05) is 14.2 Å². The molecule has 0 N–H and O–H groups in total. The average molecular weight is 186 g/mol. The van der Waals surface area contributed by atoms with Crippen molar-refractivity contribution in [1.82, 2.24) is 0 Å². The third-order valence-corrected chi connectivity index (χ3v) is 2.91. The summed E-state index contributed by atoms with van der Waals surface area (Å²) in [6, 6.07) is 0. The summed E-state index contributed by atoms with van der Waals surface area (Å²) in [7, 11) is 2.58. The molecule has 0 saturated heterocycles. The van der Waals surface area contributed by atoms with Crippen molar-refractivity contribution in [3.63, 3.8) is 0 Å². The first kappa shape index (κ1) is 10.0. The minimum absolute atomic E-state index is 0.0207. The van der Waals surface area contributed by atoms with Gasteiger partial charge in [0.2, 0.25) is 0 Å². The highest BCUT2D eigenvalue weighted by molar-refractivity contribution is 6.01. The van der Waals surface area contributed by atoms with Gasteiger partial charge in [-0.25, -0.2) is 0 Å². The number of esters is 2. The summed E-state index contributed by atoms with van der Waals surface area (Å²) in [5.74, 6) is -0.927. The number of carbonyl (C=O) groups excluding carboxylic acids is 2. The van der Waals surface area contributed by atoms with E-state index in [0.29, 0.717) is 6.42 Å². The first-order valence-corrected chi connectivity index (χ1v) is 4.26. The van der Waals surface area contributed by atoms with Crippen molar-refractivity contribution >= 4 is 11.9 Å². The lowest BCUT2D eigenvalue weighted by Crippen LogP contribution is -2.52. The molecule has 1 saturated carbocycles. The van der Waals surface area contributed by atoms with Crippen LogP contribution < -0.4 is 0 Å². The van der Waals surface area contributed by atoms with Crippen LogP contribution in [0.1, 0.15) is 19.8 Å². The molecular weight excluding hydrogens is 172 g/mol. The van der Waals surface area contributed by atoms with E-state index in [1.54, 1.807) is 0 Å². The summed E-state index contributed by atoms with van der Waals surface area (Å²) >= 11 is 0. The van der Waals surface area contributed by atoms with Crippen molar-refractivity contribution in [2.45, 2.75) is 19.8 Å². The van der Waals surface area contributed by atoms with E-state index in [-0.39, 0.29) is 5.92 Å². The molecule has 0 bridgehead atoms. The summed E-state index contributed by atoms with van der Waals surface area (Å²) in [5, 5.41) is 0. The number of carbonyl (C=O) groups is 2. The fourth-order valence-corrected chi connectivity index (χ4v) is 1.78. The molecule has 0 amide bonds. The predicted molar refractivity (Wildman–Crippen MR) is 44.9 cm³/mol. The van der Waals surface area contributed by atoms with Crippen LogP contribution in [0.3, 0.4) is 0 Å². The summed E-state index contributed by atoms with van der Waals surface area (Å²) in [5.41, 5.74) is -1.02. The average Bonchev–Trinajstić information content (AvgIpc) is 2.15. The first-order valence-electron chi connectivity index (χ1n) is 4.26. The molecule has 13 heavy (non-hydrogen) atoms. The normalized spacial score (nSPS) is 24.4. The van der Waals surface area contributed by atoms with Crippen LogP contribution in [0.25, 0.3) is 0 Å². The predicted octanol–water partition coefficient (Wildman–Crippen LogP) is 0.749. The monoisotopic (exact) mass is 186 g/mol. The molecule has 0 unspecified atom stereocenters. The second-order valence-electron chi connectivity index (χ2n) is 3.39. The molecule has 0 aromatic rings. The quantitative estimate of drug-likeness (QED) is 0.471. The molecule has 1 aliphatic carbocycles. The lowest BCUT2D eigenvalue weighted by atomic mass is 9.61. The standard InChI is InChI=1S/C9H14O4/c1-6-4-5-9(6,7(10)12-2)8(11)13-3/h6H,4-5H2,1-3H3/t6-/m0/s1. The van der Waals surface area contributed by atoms with Crippen LogP contribution >= 0.6 is 0 Å². The Morgan fingerprint density at radius 3 is 1.85 bits per heavy atom. The fraction of sp³-hybridized carbons (Fsp3) is 0.778. The maximum Gasteiger partial charge on any atom is 0.323 e. The van der Waals surface area contributed by atoms with E-state index in [0.717, 1.165) is 6.42 Å². The third-order valence-electron chi connectivity index (χ3n) is 2.91. The van der Waals surface area contributed by atoms with Crippen LogP contribution in [0.5, 0.6) is 0 Å². The smallest absolute Gasteiger partial charge is 0.323 e. The molecule has 0 heterocycles. The summed E-state index contributed by atoms with van der Waals surface area (Å²) < 4.78 is 9.22. The minimum atomic E-state index is -1.02. The lowest BCUT2D eigenvalue weighted by Gasteiger charge is -2.42. The van der Waals surface area contributed by atoms with E-state index < -0.39 is 17.4 Å². The SMILES string of the molecule is COC(=O)C1(C(=O)OC)CC[C@@H]1C. The molecule has 0 radical (unpaired) electrons. The fourth-order valence-electron chi connectivity index (χ4n) is 1.78. The zero-order valence-electron chi connectivity index (χ0n) is 8.12. The van der Waals surface area contributed by atoms with Crippen molar-refractivity contribution in [1.29, 1.82) is 0 Å². The Morgan fingerprint density at radius 1 is 1.23 bits per heavy atom. The number of hydrogen-bond donors (Lipinski definition) is 0. The highest BCUT2D eigenvalue weighted by Gasteiger charge is 2.58. The second-order valence-corrected chi connectivity index (χ2v) is 3.39. The number of rotatable bonds is 2. The van der Waals surface area contributed by atoms with Gasteiger partial charge >= 0.3 is 11.9 Å². The van der Waals surface area contributed by atoms with Gasteiger partial charge in [-0.1, -0.05) is 6.92 Å². The summed E-state index contributed by atoms with van der Waals surface area (Å²) in [6.45, 7) is 1.86. The van der Waals surface area contributed by atoms with E-state index >= 15 is 0 Å². The molecular formula is C9H14O4. The largest absolute Gasteiger partial charge is 0.468 e. The van der Waals surface area contributed by atoms with E-state index in [1.165, 1.54) is 14.2 Å². The van der Waals surface area contributed by atoms with Crippen LogP contribution in [0, 0.1) is 11.3 Å². The third kappa shape index (κ3) is 1.20. The van der Waals surface area contributed by atoms with Crippen LogP contribution in [0.15, 0.2) is 0 Å². The molecule has 0 aliphatic heterocycles. The Kier molecular flexibility index (Phi) is 2.59. The highest BCUT2D eigenvalue weighted by atomic mass is 16.5. The van der Waals surface area contributed by atoms with Gasteiger partial charge in [-0.2, -0.15) is 0 Å². The zero-order valence-corrected chi connectivity index (χ0v) is 8.12. The minimum Gasteiger partial charge on any atom is -0.468 e. The van der Waals surface area contributed by atoms with Crippen LogP contribution in [0.4, 0.5) is 0 Å². The van der Waals surface area contributed by atoms with Gasteiger partial charge in [-0.15, -0.1) is 0 Å². The molecule has 74 valence electrons. The van der Waals surface area contributed by atoms with Gasteiger partial charge < -0.3 is 9.47 Å². The Hall–Kier alpha value is -1.06. The van der Waals surface area contributed by atoms with Gasteiger partial charge in [0.1, 0.15) is 0 Å². The van der Waals surface area contributed by atoms with Gasteiger partial charge in [0.15, 0.2) is 5.41 Å². The van der Waals surface area contributed by atoms with Gasteiger partial charge in [0.05, 0.1) is 14.2 Å². The summed E-state index contributed by atoms with van der Waals surface area (Å²) in [4.78, 5) is 22.8. The van der Waals surface area contributed by atoms with Gasteiger partial charge in [0, 0.05) is 0 Å². The summed E-state index contributed by atoms with van der Waals surface area (Å²) in [6.07, 6.45) is 1.40. The molecule has 0 aromatic carbocycles. The number of hydrogen-bond acceptors (Lipinski definition) is 4. The van der Waals surface area contributed by atoms with Crippen molar-refractivity contribution in [3.05, 3.63) is 0 Å². The molecule has 1 atom stereocenters. The first-order chi connectivity index (χ1) is 6.09. The van der Waals surface area contributed by atoms with Crippen molar-refractivity contribution < 1.29 is 19.1 Å². The second kappa shape index (κ2) is 3.36. The number of methoxy groups -OCH3 is 2. The van der Waals surface area contributed by atoms with E-state index in [1.807, 2.05) is 6.92 Å². The maximum absolute atomic E-state index is 11.4. The van der Waals surface area contributed by atoms with Gasteiger partial charge in [-0.3, -0.25) is 9.59 Å². The van der Waals surface area contributed by atoms with Crippen LogP contribution in [-0.4, -0.2) is 26.2 Å². The Bertz CT molecular complexity index is 218. The Labute approximate surface area is 77.2 Å². The Balaban J connectivity index is 2.89. The molecule has 4 nitrogen and oxygen atoms in total. The van der Waals surface area contributed by atoms with Crippen LogP contribution in [0.2, 0.25) is 0 Å². The van der Waals surface area contributed by atoms with E-state index in [9.17, 15) is 9.59 Å². The van der Waals surface area contributed by atoms with Gasteiger partial charge in [0.25, 0.3) is 0 Å². The van der Waals surface area contributed by atoms with E-state index in [4.69, 9.17) is 0 Å². The van der Waals surface area contributed by atoms with Gasteiger partial charge in [-0.05, 0) is 18.8 Å². The van der Waals surface area contributed by atoms with Crippen LogP contribution in [-0.2, 0) is 19.1 Å². The zero-order chi connectivity index (χ0) is 10.1. The number of ether oxygens (including phenoxy) is 2. The molecule has 1 fully saturated rings. The topological polar surface area (TPSA) is 52.6 Å². The molecule has 1 aliphatic rings.